The number of nitrogens with zero attached hydrogens (tertiary/aromatic N) is 2. The highest BCUT2D eigenvalue weighted by Crippen LogP contribution is 2.59. The van der Waals surface area contributed by atoms with E-state index in [1.807, 2.05) is 10.7 Å². The molecule has 4 heteroatoms. The van der Waals surface area contributed by atoms with E-state index in [-0.39, 0.29) is 17.2 Å². The Kier molecular flexibility index (Phi) is 4.26. The molecule has 0 radical (unpaired) electrons. The molecule has 0 saturated heterocycles. The van der Waals surface area contributed by atoms with Gasteiger partial charge in [0.25, 0.3) is 0 Å². The minimum absolute atomic E-state index is 0.0459. The Morgan fingerprint density at radius 3 is 2.71 bits per heavy atom. The van der Waals surface area contributed by atoms with Crippen molar-refractivity contribution in [2.45, 2.75) is 48.1 Å². The second-order valence-corrected chi connectivity index (χ2v) is 7.35. The lowest BCUT2D eigenvalue weighted by Gasteiger charge is -2.11. The Morgan fingerprint density at radius 1 is 1.48 bits per heavy atom. The summed E-state index contributed by atoms with van der Waals surface area (Å²) in [5.74, 6) is 1.79. The molecular formula is C17H27N3O. The SMILES string of the molecule is CC(C)=CC1C(C(=O)Nc2ccnn2CC(C)C)C1(C)C. The average Bonchev–Trinajstić information content (AvgIpc) is 2.67. The number of carbonyl (C=O) groups is 1. The predicted octanol–water partition coefficient (Wildman–Crippen LogP) is 3.72. The van der Waals surface area contributed by atoms with Crippen molar-refractivity contribution < 1.29 is 4.79 Å². The molecule has 2 atom stereocenters. The Hall–Kier alpha value is -1.58. The van der Waals surface area contributed by atoms with Crippen molar-refractivity contribution in [3.8, 4) is 0 Å². The molecule has 0 spiro atoms. The molecule has 0 bridgehead atoms. The topological polar surface area (TPSA) is 46.9 Å². The van der Waals surface area contributed by atoms with Gasteiger partial charge in [0.05, 0.1) is 12.1 Å². The maximum Gasteiger partial charge on any atom is 0.229 e. The zero-order valence-corrected chi connectivity index (χ0v) is 14.0. The van der Waals surface area contributed by atoms with Gasteiger partial charge < -0.3 is 5.32 Å². The molecule has 1 aliphatic rings. The number of rotatable bonds is 5. The van der Waals surface area contributed by atoms with Gasteiger partial charge in [-0.05, 0) is 31.1 Å². The molecule has 1 heterocycles. The molecule has 1 aliphatic carbocycles. The van der Waals surface area contributed by atoms with Crippen LogP contribution in [0, 0.1) is 23.2 Å². The average molecular weight is 289 g/mol. The van der Waals surface area contributed by atoms with E-state index in [4.69, 9.17) is 0 Å². The molecule has 2 unspecified atom stereocenters. The number of hydrogen-bond donors (Lipinski definition) is 1. The number of allylic oxidation sites excluding steroid dienone is 2. The largest absolute Gasteiger partial charge is 0.311 e. The van der Waals surface area contributed by atoms with E-state index >= 15 is 0 Å². The molecule has 2 rings (SSSR count). The van der Waals surface area contributed by atoms with Crippen LogP contribution in [0.3, 0.4) is 0 Å². The summed E-state index contributed by atoms with van der Waals surface area (Å²) in [5, 5.41) is 7.33. The number of carbonyl (C=O) groups excluding carboxylic acids is 1. The van der Waals surface area contributed by atoms with Crippen molar-refractivity contribution in [2.75, 3.05) is 5.32 Å². The first-order chi connectivity index (χ1) is 9.73. The molecule has 0 aromatic carbocycles. The van der Waals surface area contributed by atoms with Crippen LogP contribution in [0.2, 0.25) is 0 Å². The number of hydrogen-bond acceptors (Lipinski definition) is 2. The number of nitrogens with one attached hydrogen (secondary N) is 1. The van der Waals surface area contributed by atoms with Crippen LogP contribution in [0.15, 0.2) is 23.9 Å². The quantitative estimate of drug-likeness (QED) is 0.840. The molecule has 1 N–H and O–H groups in total. The highest BCUT2D eigenvalue weighted by Gasteiger charge is 2.60. The van der Waals surface area contributed by atoms with E-state index in [9.17, 15) is 4.79 Å². The predicted molar refractivity (Wildman–Crippen MR) is 85.9 cm³/mol. The highest BCUT2D eigenvalue weighted by molar-refractivity contribution is 5.95. The first-order valence-corrected chi connectivity index (χ1v) is 7.71. The molecule has 1 amide bonds. The number of anilines is 1. The summed E-state index contributed by atoms with van der Waals surface area (Å²) in [6, 6.07) is 1.87. The van der Waals surface area contributed by atoms with Crippen molar-refractivity contribution in [1.82, 2.24) is 9.78 Å². The standard InChI is InChI=1S/C17H27N3O/c1-11(2)9-13-15(17(13,5)6)16(21)19-14-7-8-18-20(14)10-12(3)4/h7-9,12-13,15H,10H2,1-6H3,(H,19,21). The summed E-state index contributed by atoms with van der Waals surface area (Å²) in [6.07, 6.45) is 3.96. The minimum atomic E-state index is 0.0459. The van der Waals surface area contributed by atoms with Crippen molar-refractivity contribution in [3.63, 3.8) is 0 Å². The zero-order chi connectivity index (χ0) is 15.8. The molecule has 21 heavy (non-hydrogen) atoms. The number of amides is 1. The van der Waals surface area contributed by atoms with Crippen molar-refractivity contribution in [3.05, 3.63) is 23.9 Å². The Balaban J connectivity index is 2.06. The van der Waals surface area contributed by atoms with Gasteiger partial charge in [-0.25, -0.2) is 4.68 Å². The summed E-state index contributed by atoms with van der Waals surface area (Å²) in [6.45, 7) is 13.6. The molecule has 1 fully saturated rings. The van der Waals surface area contributed by atoms with Crippen molar-refractivity contribution in [1.29, 1.82) is 0 Å². The van der Waals surface area contributed by atoms with Gasteiger partial charge in [-0.1, -0.05) is 39.3 Å². The van der Waals surface area contributed by atoms with Crippen LogP contribution in [0.1, 0.15) is 41.5 Å². The third-order valence-corrected chi connectivity index (χ3v) is 4.21. The van der Waals surface area contributed by atoms with Gasteiger partial charge in [0.2, 0.25) is 5.91 Å². The van der Waals surface area contributed by atoms with Crippen LogP contribution in [0.5, 0.6) is 0 Å². The van der Waals surface area contributed by atoms with Crippen LogP contribution >= 0.6 is 0 Å². The maximum atomic E-state index is 12.5. The molecule has 1 aromatic heterocycles. The molecule has 4 nitrogen and oxygen atoms in total. The summed E-state index contributed by atoms with van der Waals surface area (Å²) in [4.78, 5) is 12.5. The zero-order valence-electron chi connectivity index (χ0n) is 14.0. The number of aromatic nitrogens is 2. The van der Waals surface area contributed by atoms with Crippen LogP contribution in [0.4, 0.5) is 5.82 Å². The molecule has 0 aliphatic heterocycles. The molecule has 1 aromatic rings. The van der Waals surface area contributed by atoms with E-state index in [2.05, 4.69) is 58.0 Å². The van der Waals surface area contributed by atoms with Gasteiger partial charge >= 0.3 is 0 Å². The summed E-state index contributed by atoms with van der Waals surface area (Å²) in [5.41, 5.74) is 1.32. The lowest BCUT2D eigenvalue weighted by atomic mass is 10.1. The minimum Gasteiger partial charge on any atom is -0.311 e. The second-order valence-electron chi connectivity index (χ2n) is 7.35. The first kappa shape index (κ1) is 15.8. The van der Waals surface area contributed by atoms with E-state index in [1.54, 1.807) is 6.20 Å². The second kappa shape index (κ2) is 5.66. The smallest absolute Gasteiger partial charge is 0.229 e. The highest BCUT2D eigenvalue weighted by atomic mass is 16.2. The third kappa shape index (κ3) is 3.36. The van der Waals surface area contributed by atoms with E-state index in [1.165, 1.54) is 5.57 Å². The van der Waals surface area contributed by atoms with E-state index in [0.29, 0.717) is 11.8 Å². The van der Waals surface area contributed by atoms with Crippen molar-refractivity contribution >= 4 is 11.7 Å². The summed E-state index contributed by atoms with van der Waals surface area (Å²) >= 11 is 0. The molecule has 1 saturated carbocycles. The van der Waals surface area contributed by atoms with Gasteiger partial charge in [-0.2, -0.15) is 5.10 Å². The van der Waals surface area contributed by atoms with Crippen LogP contribution in [0.25, 0.3) is 0 Å². The fourth-order valence-corrected chi connectivity index (χ4v) is 2.98. The Labute approximate surface area is 127 Å². The van der Waals surface area contributed by atoms with Gasteiger partial charge in [-0.3, -0.25) is 4.79 Å². The van der Waals surface area contributed by atoms with E-state index in [0.717, 1.165) is 12.4 Å². The van der Waals surface area contributed by atoms with Gasteiger partial charge in [-0.15, -0.1) is 0 Å². The van der Waals surface area contributed by atoms with Crippen LogP contribution in [-0.4, -0.2) is 15.7 Å². The van der Waals surface area contributed by atoms with E-state index < -0.39 is 0 Å². The maximum absolute atomic E-state index is 12.5. The van der Waals surface area contributed by atoms with Gasteiger partial charge in [0.15, 0.2) is 0 Å². The normalized spacial score (nSPS) is 23.0. The van der Waals surface area contributed by atoms with Crippen LogP contribution < -0.4 is 5.32 Å². The Bertz CT molecular complexity index is 550. The van der Waals surface area contributed by atoms with Crippen molar-refractivity contribution in [2.24, 2.45) is 23.2 Å². The summed E-state index contributed by atoms with van der Waals surface area (Å²) < 4.78 is 1.87. The molecule has 116 valence electrons. The lowest BCUT2D eigenvalue weighted by Crippen LogP contribution is -2.20. The monoisotopic (exact) mass is 289 g/mol. The summed E-state index contributed by atoms with van der Waals surface area (Å²) in [7, 11) is 0. The molecular weight excluding hydrogens is 262 g/mol. The Morgan fingerprint density at radius 2 is 2.14 bits per heavy atom. The van der Waals surface area contributed by atoms with Crippen LogP contribution in [-0.2, 0) is 11.3 Å². The third-order valence-electron chi connectivity index (χ3n) is 4.21. The van der Waals surface area contributed by atoms with Gasteiger partial charge in [0, 0.05) is 12.6 Å². The fraction of sp³-hybridized carbons (Fsp3) is 0.647. The fourth-order valence-electron chi connectivity index (χ4n) is 2.98. The lowest BCUT2D eigenvalue weighted by molar-refractivity contribution is -0.118. The first-order valence-electron chi connectivity index (χ1n) is 7.71. The van der Waals surface area contributed by atoms with Gasteiger partial charge in [0.1, 0.15) is 5.82 Å².